The second-order valence-corrected chi connectivity index (χ2v) is 4.25. The highest BCUT2D eigenvalue weighted by Crippen LogP contribution is 2.19. The minimum absolute atomic E-state index is 0.0434. The molecule has 106 valence electrons. The molecule has 19 heavy (non-hydrogen) atoms. The van der Waals surface area contributed by atoms with Gasteiger partial charge in [0.05, 0.1) is 6.61 Å². The third kappa shape index (κ3) is 6.70. The zero-order valence-electron chi connectivity index (χ0n) is 11.8. The van der Waals surface area contributed by atoms with Crippen molar-refractivity contribution in [1.82, 2.24) is 5.32 Å². The molecule has 0 unspecified atom stereocenters. The Labute approximate surface area is 115 Å². The molecule has 0 saturated carbocycles. The van der Waals surface area contributed by atoms with Gasteiger partial charge in [0.15, 0.2) is 6.61 Å². The van der Waals surface area contributed by atoms with Gasteiger partial charge in [-0.15, -0.1) is 0 Å². The van der Waals surface area contributed by atoms with Crippen molar-refractivity contribution in [3.8, 4) is 11.5 Å². The van der Waals surface area contributed by atoms with E-state index in [2.05, 4.69) is 12.2 Å². The first-order valence-corrected chi connectivity index (χ1v) is 6.88. The summed E-state index contributed by atoms with van der Waals surface area (Å²) in [4.78, 5) is 11.5. The zero-order chi connectivity index (χ0) is 13.9. The van der Waals surface area contributed by atoms with Crippen LogP contribution in [0.1, 0.15) is 33.1 Å². The largest absolute Gasteiger partial charge is 0.494 e. The summed E-state index contributed by atoms with van der Waals surface area (Å²) in [5, 5.41) is 2.83. The highest BCUT2D eigenvalue weighted by molar-refractivity contribution is 5.77. The van der Waals surface area contributed by atoms with Crippen LogP contribution in [0.3, 0.4) is 0 Å². The van der Waals surface area contributed by atoms with Gasteiger partial charge in [-0.3, -0.25) is 4.79 Å². The van der Waals surface area contributed by atoms with Crippen LogP contribution in [-0.2, 0) is 4.79 Å². The van der Waals surface area contributed by atoms with E-state index in [1.165, 1.54) is 0 Å². The molecule has 0 aliphatic rings. The zero-order valence-corrected chi connectivity index (χ0v) is 11.8. The van der Waals surface area contributed by atoms with Crippen molar-refractivity contribution in [3.63, 3.8) is 0 Å². The molecule has 0 radical (unpaired) electrons. The van der Waals surface area contributed by atoms with Crippen molar-refractivity contribution in [2.24, 2.45) is 0 Å². The molecule has 1 N–H and O–H groups in total. The van der Waals surface area contributed by atoms with Gasteiger partial charge >= 0.3 is 0 Å². The van der Waals surface area contributed by atoms with Crippen molar-refractivity contribution in [1.29, 1.82) is 0 Å². The minimum atomic E-state index is -0.0853. The van der Waals surface area contributed by atoms with Crippen LogP contribution >= 0.6 is 0 Å². The molecule has 0 aromatic heterocycles. The van der Waals surface area contributed by atoms with Crippen LogP contribution in [0, 0.1) is 0 Å². The van der Waals surface area contributed by atoms with Crippen LogP contribution < -0.4 is 14.8 Å². The van der Waals surface area contributed by atoms with Crippen LogP contribution in [-0.4, -0.2) is 25.7 Å². The van der Waals surface area contributed by atoms with Gasteiger partial charge in [-0.25, -0.2) is 0 Å². The second-order valence-electron chi connectivity index (χ2n) is 4.25. The summed E-state index contributed by atoms with van der Waals surface area (Å²) >= 11 is 0. The predicted molar refractivity (Wildman–Crippen MR) is 75.6 cm³/mol. The maximum Gasteiger partial charge on any atom is 0.257 e. The Bertz CT molecular complexity index is 379. The van der Waals surface area contributed by atoms with Crippen LogP contribution in [0.25, 0.3) is 0 Å². The minimum Gasteiger partial charge on any atom is -0.494 e. The fourth-order valence-corrected chi connectivity index (χ4v) is 1.62. The Morgan fingerprint density at radius 2 is 1.89 bits per heavy atom. The van der Waals surface area contributed by atoms with Gasteiger partial charge in [0, 0.05) is 12.6 Å². The van der Waals surface area contributed by atoms with E-state index in [9.17, 15) is 4.79 Å². The molecule has 0 heterocycles. The molecule has 1 aromatic carbocycles. The number of hydrogen-bond donors (Lipinski definition) is 1. The van der Waals surface area contributed by atoms with E-state index in [-0.39, 0.29) is 12.5 Å². The van der Waals surface area contributed by atoms with E-state index in [1.54, 1.807) is 6.07 Å². The molecule has 0 atom stereocenters. The molecule has 0 aliphatic carbocycles. The van der Waals surface area contributed by atoms with Crippen LogP contribution in [0.2, 0.25) is 0 Å². The van der Waals surface area contributed by atoms with Crippen molar-refractivity contribution in [2.45, 2.75) is 33.1 Å². The van der Waals surface area contributed by atoms with E-state index in [4.69, 9.17) is 9.47 Å². The van der Waals surface area contributed by atoms with Crippen molar-refractivity contribution >= 4 is 5.91 Å². The Kier molecular flexibility index (Phi) is 7.47. The number of rotatable bonds is 9. The summed E-state index contributed by atoms with van der Waals surface area (Å²) in [6, 6.07) is 7.31. The average Bonchev–Trinajstić information content (AvgIpc) is 2.42. The molecule has 1 amide bonds. The molecule has 0 bridgehead atoms. The van der Waals surface area contributed by atoms with E-state index in [0.29, 0.717) is 12.4 Å². The van der Waals surface area contributed by atoms with E-state index >= 15 is 0 Å². The Balaban J connectivity index is 2.27. The number of benzene rings is 1. The summed E-state index contributed by atoms with van der Waals surface area (Å²) in [7, 11) is 0. The second kappa shape index (κ2) is 9.25. The topological polar surface area (TPSA) is 47.6 Å². The van der Waals surface area contributed by atoms with Gasteiger partial charge in [-0.2, -0.15) is 0 Å². The lowest BCUT2D eigenvalue weighted by Gasteiger charge is -2.09. The summed E-state index contributed by atoms with van der Waals surface area (Å²) in [6.45, 7) is 5.44. The molecule has 0 fully saturated rings. The summed E-state index contributed by atoms with van der Waals surface area (Å²) in [6.07, 6.45) is 3.30. The normalized spacial score (nSPS) is 10.0. The van der Waals surface area contributed by atoms with Crippen LogP contribution in [0.5, 0.6) is 11.5 Å². The van der Waals surface area contributed by atoms with E-state index in [0.717, 1.165) is 31.6 Å². The van der Waals surface area contributed by atoms with Crippen molar-refractivity contribution in [2.75, 3.05) is 19.8 Å². The molecular formula is C15H23NO3. The van der Waals surface area contributed by atoms with Gasteiger partial charge in [-0.1, -0.05) is 25.8 Å². The third-order valence-electron chi connectivity index (χ3n) is 2.59. The SMILES string of the molecule is CCCCCNC(=O)COc1cccc(OCC)c1. The molecule has 0 saturated heterocycles. The number of nitrogens with one attached hydrogen (secondary N) is 1. The van der Waals surface area contributed by atoms with Crippen molar-refractivity contribution < 1.29 is 14.3 Å². The fourth-order valence-electron chi connectivity index (χ4n) is 1.62. The highest BCUT2D eigenvalue weighted by Gasteiger charge is 2.03. The molecule has 1 aromatic rings. The monoisotopic (exact) mass is 265 g/mol. The standard InChI is InChI=1S/C15H23NO3/c1-3-5-6-10-16-15(17)12-19-14-9-7-8-13(11-14)18-4-2/h7-9,11H,3-6,10,12H2,1-2H3,(H,16,17). The lowest BCUT2D eigenvalue weighted by Crippen LogP contribution is -2.29. The summed E-state index contributed by atoms with van der Waals surface area (Å²) in [5.74, 6) is 1.32. The number of amides is 1. The number of carbonyl (C=O) groups is 1. The maximum absolute atomic E-state index is 11.5. The molecule has 4 nitrogen and oxygen atoms in total. The molecule has 4 heteroatoms. The quantitative estimate of drug-likeness (QED) is 0.698. The third-order valence-corrected chi connectivity index (χ3v) is 2.59. The first-order valence-electron chi connectivity index (χ1n) is 6.88. The maximum atomic E-state index is 11.5. The highest BCUT2D eigenvalue weighted by atomic mass is 16.5. The van der Waals surface area contributed by atoms with Gasteiger partial charge < -0.3 is 14.8 Å². The Hall–Kier alpha value is -1.71. The Morgan fingerprint density at radius 1 is 1.16 bits per heavy atom. The van der Waals surface area contributed by atoms with E-state index in [1.807, 2.05) is 25.1 Å². The van der Waals surface area contributed by atoms with Gasteiger partial charge in [0.2, 0.25) is 0 Å². The lowest BCUT2D eigenvalue weighted by atomic mass is 10.2. The predicted octanol–water partition coefficient (Wildman–Crippen LogP) is 2.77. The average molecular weight is 265 g/mol. The summed E-state index contributed by atoms with van der Waals surface area (Å²) in [5.41, 5.74) is 0. The number of hydrogen-bond acceptors (Lipinski definition) is 3. The molecular weight excluding hydrogens is 242 g/mol. The first kappa shape index (κ1) is 15.3. The van der Waals surface area contributed by atoms with E-state index < -0.39 is 0 Å². The number of carbonyl (C=O) groups excluding carboxylic acids is 1. The smallest absolute Gasteiger partial charge is 0.257 e. The van der Waals surface area contributed by atoms with Crippen LogP contribution in [0.4, 0.5) is 0 Å². The molecule has 0 spiro atoms. The number of unbranched alkanes of at least 4 members (excludes halogenated alkanes) is 2. The van der Waals surface area contributed by atoms with Crippen molar-refractivity contribution in [3.05, 3.63) is 24.3 Å². The Morgan fingerprint density at radius 3 is 2.58 bits per heavy atom. The summed E-state index contributed by atoms with van der Waals surface area (Å²) < 4.78 is 10.8. The van der Waals surface area contributed by atoms with Gasteiger partial charge in [-0.05, 0) is 25.5 Å². The molecule has 1 rings (SSSR count). The van der Waals surface area contributed by atoms with Crippen LogP contribution in [0.15, 0.2) is 24.3 Å². The lowest BCUT2D eigenvalue weighted by molar-refractivity contribution is -0.123. The number of ether oxygens (including phenoxy) is 2. The van der Waals surface area contributed by atoms with Gasteiger partial charge in [0.1, 0.15) is 11.5 Å². The molecule has 0 aliphatic heterocycles. The van der Waals surface area contributed by atoms with Gasteiger partial charge in [0.25, 0.3) is 5.91 Å². The first-order chi connectivity index (χ1) is 9.26. The fraction of sp³-hybridized carbons (Fsp3) is 0.533.